The first kappa shape index (κ1) is 11.5. The highest BCUT2D eigenvalue weighted by atomic mass is 16.5. The number of hydrogen-bond donors (Lipinski definition) is 1. The van der Waals surface area contributed by atoms with Gasteiger partial charge in [0.2, 0.25) is 0 Å². The van der Waals surface area contributed by atoms with Crippen molar-refractivity contribution in [2.75, 3.05) is 13.7 Å². The zero-order valence-corrected chi connectivity index (χ0v) is 9.08. The third-order valence-electron chi connectivity index (χ3n) is 2.54. The van der Waals surface area contributed by atoms with Crippen molar-refractivity contribution < 1.29 is 14.3 Å². The number of carbonyl (C=O) groups excluding carboxylic acids is 1. The molecule has 1 rings (SSSR count). The molecule has 0 unspecified atom stereocenters. The van der Waals surface area contributed by atoms with Gasteiger partial charge in [0, 0.05) is 12.6 Å². The van der Waals surface area contributed by atoms with E-state index in [-0.39, 0.29) is 12.0 Å². The first-order valence-electron chi connectivity index (χ1n) is 5.12. The van der Waals surface area contributed by atoms with Gasteiger partial charge in [-0.15, -0.1) is 0 Å². The average Bonchev–Trinajstić information content (AvgIpc) is 2.13. The molecule has 1 aliphatic carbocycles. The van der Waals surface area contributed by atoms with Crippen LogP contribution in [-0.2, 0) is 14.3 Å². The van der Waals surface area contributed by atoms with Crippen LogP contribution in [0, 0.1) is 0 Å². The molecule has 0 radical (unpaired) electrons. The van der Waals surface area contributed by atoms with E-state index in [1.807, 2.05) is 13.8 Å². The number of nitrogens with one attached hydrogen (secondary N) is 1. The summed E-state index contributed by atoms with van der Waals surface area (Å²) in [6, 6.07) is 0.188. The second-order valence-electron chi connectivity index (χ2n) is 3.66. The summed E-state index contributed by atoms with van der Waals surface area (Å²) in [6.07, 6.45) is 2.37. The molecule has 4 heteroatoms. The van der Waals surface area contributed by atoms with Crippen LogP contribution in [0.25, 0.3) is 0 Å². The van der Waals surface area contributed by atoms with Crippen molar-refractivity contribution in [3.8, 4) is 0 Å². The quantitative estimate of drug-likeness (QED) is 0.665. The molecule has 1 N–H and O–H groups in total. The SMILES string of the molecule is CCOC1CC(N[C@@H](C)C(=O)OC)C1. The van der Waals surface area contributed by atoms with Crippen LogP contribution in [0.1, 0.15) is 26.7 Å². The maximum atomic E-state index is 11.1. The molecule has 1 atom stereocenters. The molecular formula is C10H19NO3. The third kappa shape index (κ3) is 2.96. The Bertz CT molecular complexity index is 190. The van der Waals surface area contributed by atoms with Gasteiger partial charge in [-0.1, -0.05) is 0 Å². The van der Waals surface area contributed by atoms with Gasteiger partial charge in [0.15, 0.2) is 0 Å². The fourth-order valence-electron chi connectivity index (χ4n) is 1.67. The van der Waals surface area contributed by atoms with Crippen molar-refractivity contribution >= 4 is 5.97 Å². The second-order valence-corrected chi connectivity index (χ2v) is 3.66. The van der Waals surface area contributed by atoms with E-state index in [0.717, 1.165) is 19.4 Å². The number of hydrogen-bond acceptors (Lipinski definition) is 4. The lowest BCUT2D eigenvalue weighted by Gasteiger charge is -2.36. The van der Waals surface area contributed by atoms with E-state index in [4.69, 9.17) is 4.74 Å². The third-order valence-corrected chi connectivity index (χ3v) is 2.54. The lowest BCUT2D eigenvalue weighted by Crippen LogP contribution is -2.51. The Morgan fingerprint density at radius 3 is 2.71 bits per heavy atom. The van der Waals surface area contributed by atoms with Crippen LogP contribution in [-0.4, -0.2) is 37.9 Å². The molecule has 4 nitrogen and oxygen atoms in total. The van der Waals surface area contributed by atoms with E-state index >= 15 is 0 Å². The molecule has 0 saturated heterocycles. The minimum Gasteiger partial charge on any atom is -0.468 e. The van der Waals surface area contributed by atoms with Crippen molar-refractivity contribution in [2.24, 2.45) is 0 Å². The molecule has 1 fully saturated rings. The van der Waals surface area contributed by atoms with Gasteiger partial charge in [-0.2, -0.15) is 0 Å². The molecule has 0 spiro atoms. The lowest BCUT2D eigenvalue weighted by atomic mass is 9.88. The number of esters is 1. The Kier molecular flexibility index (Phi) is 4.35. The first-order valence-corrected chi connectivity index (χ1v) is 5.12. The number of methoxy groups -OCH3 is 1. The van der Waals surface area contributed by atoms with E-state index in [9.17, 15) is 4.79 Å². The maximum Gasteiger partial charge on any atom is 0.322 e. The van der Waals surface area contributed by atoms with E-state index in [2.05, 4.69) is 10.1 Å². The Morgan fingerprint density at radius 2 is 2.21 bits per heavy atom. The maximum absolute atomic E-state index is 11.1. The fourth-order valence-corrected chi connectivity index (χ4v) is 1.67. The standard InChI is InChI=1S/C10H19NO3/c1-4-14-9-5-8(6-9)11-7(2)10(12)13-3/h7-9,11H,4-6H2,1-3H3/t7-,8?,9?/m0/s1. The Balaban J connectivity index is 2.13. The minimum atomic E-state index is -0.215. The summed E-state index contributed by atoms with van der Waals surface area (Å²) in [5.74, 6) is -0.204. The minimum absolute atomic E-state index is 0.204. The molecule has 82 valence electrons. The molecule has 0 bridgehead atoms. The van der Waals surface area contributed by atoms with E-state index in [1.54, 1.807) is 0 Å². The van der Waals surface area contributed by atoms with Crippen molar-refractivity contribution in [1.82, 2.24) is 5.32 Å². The summed E-state index contributed by atoms with van der Waals surface area (Å²) in [6.45, 7) is 4.58. The monoisotopic (exact) mass is 201 g/mol. The molecule has 14 heavy (non-hydrogen) atoms. The predicted octanol–water partition coefficient (Wildman–Crippen LogP) is 0.705. The van der Waals surface area contributed by atoms with Crippen LogP contribution in [0.3, 0.4) is 0 Å². The molecule has 0 heterocycles. The number of rotatable bonds is 5. The van der Waals surface area contributed by atoms with Crippen molar-refractivity contribution in [3.05, 3.63) is 0 Å². The van der Waals surface area contributed by atoms with Gasteiger partial charge in [-0.05, 0) is 26.7 Å². The first-order chi connectivity index (χ1) is 6.67. The molecule has 0 amide bonds. The molecule has 1 saturated carbocycles. The van der Waals surface area contributed by atoms with E-state index < -0.39 is 0 Å². The highest BCUT2D eigenvalue weighted by molar-refractivity contribution is 5.75. The Morgan fingerprint density at radius 1 is 1.57 bits per heavy atom. The summed E-state index contributed by atoms with van der Waals surface area (Å²) in [4.78, 5) is 11.1. The van der Waals surface area contributed by atoms with Crippen LogP contribution in [0.5, 0.6) is 0 Å². The Hall–Kier alpha value is -0.610. The highest BCUT2D eigenvalue weighted by Gasteiger charge is 2.31. The second kappa shape index (κ2) is 5.32. The lowest BCUT2D eigenvalue weighted by molar-refractivity contribution is -0.143. The summed E-state index contributed by atoms with van der Waals surface area (Å²) in [5.41, 5.74) is 0. The zero-order chi connectivity index (χ0) is 10.6. The zero-order valence-electron chi connectivity index (χ0n) is 9.08. The molecule has 0 aromatic carbocycles. The van der Waals surface area contributed by atoms with Crippen LogP contribution in [0.2, 0.25) is 0 Å². The normalized spacial score (nSPS) is 27.9. The van der Waals surface area contributed by atoms with E-state index in [0.29, 0.717) is 12.1 Å². The van der Waals surface area contributed by atoms with Gasteiger partial charge < -0.3 is 14.8 Å². The van der Waals surface area contributed by atoms with Crippen LogP contribution in [0.15, 0.2) is 0 Å². The largest absolute Gasteiger partial charge is 0.468 e. The summed E-state index contributed by atoms with van der Waals surface area (Å²) >= 11 is 0. The van der Waals surface area contributed by atoms with Gasteiger partial charge in [-0.3, -0.25) is 4.79 Å². The van der Waals surface area contributed by atoms with Gasteiger partial charge in [0.05, 0.1) is 13.2 Å². The molecular weight excluding hydrogens is 182 g/mol. The smallest absolute Gasteiger partial charge is 0.322 e. The van der Waals surface area contributed by atoms with E-state index in [1.165, 1.54) is 7.11 Å². The molecule has 0 aromatic rings. The van der Waals surface area contributed by atoms with Crippen molar-refractivity contribution in [2.45, 2.75) is 44.9 Å². The number of ether oxygens (including phenoxy) is 2. The molecule has 0 aromatic heterocycles. The fraction of sp³-hybridized carbons (Fsp3) is 0.900. The van der Waals surface area contributed by atoms with Crippen LogP contribution < -0.4 is 5.32 Å². The van der Waals surface area contributed by atoms with Crippen molar-refractivity contribution in [3.63, 3.8) is 0 Å². The van der Waals surface area contributed by atoms with Crippen LogP contribution >= 0.6 is 0 Å². The summed E-state index contributed by atoms with van der Waals surface area (Å²) in [5, 5.41) is 3.20. The summed E-state index contributed by atoms with van der Waals surface area (Å²) in [7, 11) is 1.41. The summed E-state index contributed by atoms with van der Waals surface area (Å²) < 4.78 is 10.0. The van der Waals surface area contributed by atoms with Crippen LogP contribution in [0.4, 0.5) is 0 Å². The van der Waals surface area contributed by atoms with Crippen molar-refractivity contribution in [1.29, 1.82) is 0 Å². The average molecular weight is 201 g/mol. The number of carbonyl (C=O) groups is 1. The van der Waals surface area contributed by atoms with Gasteiger partial charge >= 0.3 is 5.97 Å². The molecule has 0 aliphatic heterocycles. The topological polar surface area (TPSA) is 47.6 Å². The van der Waals surface area contributed by atoms with Gasteiger partial charge in [0.1, 0.15) is 6.04 Å². The predicted molar refractivity (Wildman–Crippen MR) is 53.0 cm³/mol. The van der Waals surface area contributed by atoms with Gasteiger partial charge in [0.25, 0.3) is 0 Å². The van der Waals surface area contributed by atoms with Gasteiger partial charge in [-0.25, -0.2) is 0 Å². The highest BCUT2D eigenvalue weighted by Crippen LogP contribution is 2.23. The molecule has 1 aliphatic rings. The Labute approximate surface area is 85.0 Å².